The lowest BCUT2D eigenvalue weighted by molar-refractivity contribution is 0.276. The van der Waals surface area contributed by atoms with Crippen molar-refractivity contribution < 1.29 is 5.11 Å². The van der Waals surface area contributed by atoms with Crippen molar-refractivity contribution >= 4 is 23.2 Å². The van der Waals surface area contributed by atoms with Crippen LogP contribution < -0.4 is 5.73 Å². The Morgan fingerprint density at radius 3 is 2.47 bits per heavy atom. The van der Waals surface area contributed by atoms with E-state index in [9.17, 15) is 0 Å². The number of nitrogens with two attached hydrogens (primary N) is 1. The summed E-state index contributed by atoms with van der Waals surface area (Å²) in [5.74, 6) is 0. The maximum Gasteiger partial charge on any atom is 0.0598 e. The maximum absolute atomic E-state index is 9.02. The van der Waals surface area contributed by atoms with Gasteiger partial charge in [-0.3, -0.25) is 0 Å². The Morgan fingerprint density at radius 2 is 1.79 bits per heavy atom. The molecule has 0 aromatic heterocycles. The van der Waals surface area contributed by atoms with Crippen LogP contribution in [0.4, 0.5) is 0 Å². The van der Waals surface area contributed by atoms with E-state index in [1.165, 1.54) is 0 Å². The molecule has 0 heterocycles. The van der Waals surface area contributed by atoms with Crippen molar-refractivity contribution in [3.63, 3.8) is 0 Å². The molecule has 4 heteroatoms. The number of rotatable bonds is 4. The highest BCUT2D eigenvalue weighted by Gasteiger charge is 2.12. The average molecular weight is 296 g/mol. The summed E-state index contributed by atoms with van der Waals surface area (Å²) < 4.78 is 0. The van der Waals surface area contributed by atoms with Crippen LogP contribution in [-0.2, 0) is 0 Å². The van der Waals surface area contributed by atoms with Crippen LogP contribution >= 0.6 is 23.2 Å². The lowest BCUT2D eigenvalue weighted by Gasteiger charge is -2.16. The third kappa shape index (κ3) is 3.28. The molecule has 0 saturated heterocycles. The molecule has 100 valence electrons. The SMILES string of the molecule is NC(CCO)c1ccccc1-c1ccc(Cl)c(Cl)c1. The Bertz CT molecular complexity index is 572. The lowest BCUT2D eigenvalue weighted by atomic mass is 9.94. The highest BCUT2D eigenvalue weighted by atomic mass is 35.5. The van der Waals surface area contributed by atoms with Crippen molar-refractivity contribution in [3.8, 4) is 11.1 Å². The monoisotopic (exact) mass is 295 g/mol. The third-order valence-corrected chi connectivity index (χ3v) is 3.77. The van der Waals surface area contributed by atoms with Crippen LogP contribution in [0.1, 0.15) is 18.0 Å². The normalized spacial score (nSPS) is 12.4. The smallest absolute Gasteiger partial charge is 0.0598 e. The highest BCUT2D eigenvalue weighted by molar-refractivity contribution is 6.42. The molecule has 0 fully saturated rings. The van der Waals surface area contributed by atoms with Crippen LogP contribution in [0.2, 0.25) is 10.0 Å². The van der Waals surface area contributed by atoms with E-state index >= 15 is 0 Å². The van der Waals surface area contributed by atoms with Gasteiger partial charge in [0.05, 0.1) is 10.0 Å². The van der Waals surface area contributed by atoms with Crippen LogP contribution in [-0.4, -0.2) is 11.7 Å². The first-order valence-corrected chi connectivity index (χ1v) is 6.80. The van der Waals surface area contributed by atoms with E-state index in [0.29, 0.717) is 16.5 Å². The predicted molar refractivity (Wildman–Crippen MR) is 80.5 cm³/mol. The molecule has 0 aliphatic heterocycles. The minimum Gasteiger partial charge on any atom is -0.396 e. The Balaban J connectivity index is 2.46. The molecule has 2 nitrogen and oxygen atoms in total. The molecule has 2 aromatic carbocycles. The lowest BCUT2D eigenvalue weighted by Crippen LogP contribution is -2.13. The van der Waals surface area contributed by atoms with Gasteiger partial charge in [-0.05, 0) is 35.2 Å². The minimum atomic E-state index is -0.198. The Hall–Kier alpha value is -1.06. The summed E-state index contributed by atoms with van der Waals surface area (Å²) in [4.78, 5) is 0. The second kappa shape index (κ2) is 6.40. The van der Waals surface area contributed by atoms with Crippen LogP contribution in [0.5, 0.6) is 0 Å². The highest BCUT2D eigenvalue weighted by Crippen LogP contribution is 2.32. The molecule has 1 atom stereocenters. The van der Waals surface area contributed by atoms with Crippen LogP contribution in [0.3, 0.4) is 0 Å². The van der Waals surface area contributed by atoms with Crippen molar-refractivity contribution in [2.45, 2.75) is 12.5 Å². The van der Waals surface area contributed by atoms with Crippen molar-refractivity contribution in [3.05, 3.63) is 58.1 Å². The summed E-state index contributed by atoms with van der Waals surface area (Å²) in [6.45, 7) is 0.0663. The number of hydrogen-bond donors (Lipinski definition) is 2. The molecular weight excluding hydrogens is 281 g/mol. The first-order valence-electron chi connectivity index (χ1n) is 6.04. The van der Waals surface area contributed by atoms with E-state index in [0.717, 1.165) is 16.7 Å². The summed E-state index contributed by atoms with van der Waals surface area (Å²) in [5.41, 5.74) is 9.07. The fourth-order valence-electron chi connectivity index (χ4n) is 2.04. The summed E-state index contributed by atoms with van der Waals surface area (Å²) in [5, 5.41) is 10.1. The van der Waals surface area contributed by atoms with E-state index in [-0.39, 0.29) is 12.6 Å². The van der Waals surface area contributed by atoms with Gasteiger partial charge in [-0.1, -0.05) is 53.5 Å². The second-order valence-corrected chi connectivity index (χ2v) is 5.15. The standard InChI is InChI=1S/C15H15Cl2NO/c16-13-6-5-10(9-14(13)17)11-3-1-2-4-12(11)15(18)7-8-19/h1-6,9,15,19H,7-8,18H2. The first kappa shape index (κ1) is 14.4. The van der Waals surface area contributed by atoms with Crippen LogP contribution in [0, 0.1) is 0 Å². The Kier molecular flexibility index (Phi) is 4.83. The molecule has 0 aliphatic rings. The number of hydrogen-bond acceptors (Lipinski definition) is 2. The van der Waals surface area contributed by atoms with Gasteiger partial charge in [0.2, 0.25) is 0 Å². The molecule has 19 heavy (non-hydrogen) atoms. The van der Waals surface area contributed by atoms with Gasteiger partial charge in [0, 0.05) is 12.6 Å². The zero-order chi connectivity index (χ0) is 13.8. The third-order valence-electron chi connectivity index (χ3n) is 3.03. The van der Waals surface area contributed by atoms with Crippen molar-refractivity contribution in [1.29, 1.82) is 0 Å². The molecule has 0 spiro atoms. The van der Waals surface area contributed by atoms with Gasteiger partial charge >= 0.3 is 0 Å². The molecule has 0 bridgehead atoms. The van der Waals surface area contributed by atoms with Gasteiger partial charge in [-0.25, -0.2) is 0 Å². The Morgan fingerprint density at radius 1 is 1.05 bits per heavy atom. The Labute approximate surface area is 122 Å². The summed E-state index contributed by atoms with van der Waals surface area (Å²) in [7, 11) is 0. The average Bonchev–Trinajstić information content (AvgIpc) is 2.42. The molecule has 2 rings (SSSR count). The quantitative estimate of drug-likeness (QED) is 0.894. The van der Waals surface area contributed by atoms with Gasteiger partial charge < -0.3 is 10.8 Å². The summed E-state index contributed by atoms with van der Waals surface area (Å²) >= 11 is 12.0. The molecule has 0 radical (unpaired) electrons. The molecule has 2 aromatic rings. The summed E-state index contributed by atoms with van der Waals surface area (Å²) in [6.07, 6.45) is 0.526. The van der Waals surface area contributed by atoms with E-state index in [4.69, 9.17) is 34.0 Å². The maximum atomic E-state index is 9.02. The van der Waals surface area contributed by atoms with E-state index < -0.39 is 0 Å². The zero-order valence-corrected chi connectivity index (χ0v) is 11.8. The van der Waals surface area contributed by atoms with Gasteiger partial charge in [0.1, 0.15) is 0 Å². The number of aliphatic hydroxyl groups is 1. The van der Waals surface area contributed by atoms with Crippen LogP contribution in [0.15, 0.2) is 42.5 Å². The van der Waals surface area contributed by atoms with Gasteiger partial charge in [-0.2, -0.15) is 0 Å². The predicted octanol–water partition coefficient (Wildman–Crippen LogP) is 4.04. The number of aliphatic hydroxyl groups excluding tert-OH is 1. The van der Waals surface area contributed by atoms with Gasteiger partial charge in [0.15, 0.2) is 0 Å². The second-order valence-electron chi connectivity index (χ2n) is 4.33. The topological polar surface area (TPSA) is 46.2 Å². The van der Waals surface area contributed by atoms with Crippen molar-refractivity contribution in [2.75, 3.05) is 6.61 Å². The van der Waals surface area contributed by atoms with Crippen molar-refractivity contribution in [1.82, 2.24) is 0 Å². The van der Waals surface area contributed by atoms with Crippen molar-refractivity contribution in [2.24, 2.45) is 5.73 Å². The van der Waals surface area contributed by atoms with Gasteiger partial charge in [0.25, 0.3) is 0 Å². The molecule has 0 saturated carbocycles. The fraction of sp³-hybridized carbons (Fsp3) is 0.200. The van der Waals surface area contributed by atoms with Gasteiger partial charge in [-0.15, -0.1) is 0 Å². The molecule has 0 amide bonds. The minimum absolute atomic E-state index is 0.0663. The molecule has 0 aliphatic carbocycles. The largest absolute Gasteiger partial charge is 0.396 e. The molecule has 3 N–H and O–H groups in total. The fourth-order valence-corrected chi connectivity index (χ4v) is 2.34. The van der Waals surface area contributed by atoms with E-state index in [2.05, 4.69) is 0 Å². The number of benzene rings is 2. The van der Waals surface area contributed by atoms with E-state index in [1.807, 2.05) is 36.4 Å². The van der Waals surface area contributed by atoms with Crippen LogP contribution in [0.25, 0.3) is 11.1 Å². The van der Waals surface area contributed by atoms with E-state index in [1.54, 1.807) is 6.07 Å². The number of halogens is 2. The zero-order valence-electron chi connectivity index (χ0n) is 10.3. The molecular formula is C15H15Cl2NO. The first-order chi connectivity index (χ1) is 9.13. The summed E-state index contributed by atoms with van der Waals surface area (Å²) in [6, 6.07) is 13.2. The molecule has 1 unspecified atom stereocenters.